The number of carbonyl (C=O) groups excluding carboxylic acids is 3. The average molecular weight is 690 g/mol. The summed E-state index contributed by atoms with van der Waals surface area (Å²) in [5.74, 6) is 0.559. The SMILES string of the molecule is CC[C@@H]1c2c(cnn2C2CN(Cc3cccc(N(C)C(C)=O)n3)C2)-c2cccc(Nc3cc(NC(=O)C4CC4)nnc3C(=O)NC3CC3)c2N1C. The van der Waals surface area contributed by atoms with Crippen LogP contribution in [-0.4, -0.2) is 80.8 Å². The average Bonchev–Trinajstić information content (AvgIpc) is 4.05. The molecule has 0 bridgehead atoms. The van der Waals surface area contributed by atoms with E-state index in [1.807, 2.05) is 36.5 Å². The van der Waals surface area contributed by atoms with Crippen LogP contribution in [0.2, 0.25) is 0 Å². The Bertz CT molecular complexity index is 2010. The van der Waals surface area contributed by atoms with Crippen molar-refractivity contribution >= 4 is 46.4 Å². The molecule has 14 heteroatoms. The van der Waals surface area contributed by atoms with Crippen LogP contribution in [0.5, 0.6) is 0 Å². The number of aromatic nitrogens is 5. The zero-order valence-electron chi connectivity index (χ0n) is 29.4. The Kier molecular flexibility index (Phi) is 8.41. The molecule has 3 amide bonds. The summed E-state index contributed by atoms with van der Waals surface area (Å²) in [7, 11) is 3.84. The third-order valence-electron chi connectivity index (χ3n) is 10.4. The lowest BCUT2D eigenvalue weighted by Crippen LogP contribution is -2.48. The highest BCUT2D eigenvalue weighted by Gasteiger charge is 2.38. The highest BCUT2D eigenvalue weighted by Crippen LogP contribution is 2.50. The monoisotopic (exact) mass is 689 g/mol. The number of hydrogen-bond acceptors (Lipinski definition) is 10. The van der Waals surface area contributed by atoms with Gasteiger partial charge < -0.3 is 25.8 Å². The van der Waals surface area contributed by atoms with Gasteiger partial charge in [0.25, 0.3) is 5.91 Å². The number of anilines is 5. The molecule has 0 spiro atoms. The topological polar surface area (TPSA) is 154 Å². The van der Waals surface area contributed by atoms with Gasteiger partial charge in [-0.05, 0) is 50.3 Å². The Morgan fingerprint density at radius 1 is 0.980 bits per heavy atom. The molecule has 1 atom stereocenters. The van der Waals surface area contributed by atoms with Gasteiger partial charge in [-0.1, -0.05) is 25.1 Å². The number of para-hydroxylation sites is 1. The molecule has 0 unspecified atom stereocenters. The first-order valence-electron chi connectivity index (χ1n) is 17.8. The van der Waals surface area contributed by atoms with Gasteiger partial charge in [-0.25, -0.2) is 4.98 Å². The number of nitrogens with one attached hydrogen (secondary N) is 3. The zero-order chi connectivity index (χ0) is 35.4. The Morgan fingerprint density at radius 3 is 2.49 bits per heavy atom. The van der Waals surface area contributed by atoms with E-state index in [0.29, 0.717) is 23.9 Å². The summed E-state index contributed by atoms with van der Waals surface area (Å²) in [6.45, 7) is 6.11. The fraction of sp³-hybridized carbons (Fsp3) is 0.432. The highest BCUT2D eigenvalue weighted by atomic mass is 16.2. The molecule has 2 aliphatic heterocycles. The summed E-state index contributed by atoms with van der Waals surface area (Å²) in [6, 6.07) is 14.1. The van der Waals surface area contributed by atoms with E-state index in [4.69, 9.17) is 10.1 Å². The number of fused-ring (bicyclic) bond motifs is 3. The third kappa shape index (κ3) is 6.39. The normalized spacial score (nSPS) is 18.4. The van der Waals surface area contributed by atoms with Crippen molar-refractivity contribution in [3.63, 3.8) is 0 Å². The number of hydrogen-bond donors (Lipinski definition) is 3. The maximum absolute atomic E-state index is 13.3. The first kappa shape index (κ1) is 32.8. The Morgan fingerprint density at radius 2 is 1.76 bits per heavy atom. The van der Waals surface area contributed by atoms with Crippen LogP contribution in [0.25, 0.3) is 11.1 Å². The molecule has 14 nitrogen and oxygen atoms in total. The van der Waals surface area contributed by atoms with Crippen LogP contribution in [0.4, 0.5) is 28.7 Å². The number of pyridine rings is 1. The first-order valence-corrected chi connectivity index (χ1v) is 17.8. The molecule has 1 aromatic carbocycles. The maximum atomic E-state index is 13.3. The molecular weight excluding hydrogens is 646 g/mol. The predicted molar refractivity (Wildman–Crippen MR) is 194 cm³/mol. The fourth-order valence-corrected chi connectivity index (χ4v) is 7.13. The summed E-state index contributed by atoms with van der Waals surface area (Å²) >= 11 is 0. The van der Waals surface area contributed by atoms with E-state index in [1.165, 1.54) is 12.6 Å². The lowest BCUT2D eigenvalue weighted by Gasteiger charge is -2.43. The van der Waals surface area contributed by atoms with E-state index in [1.54, 1.807) is 18.0 Å². The Balaban J connectivity index is 1.06. The van der Waals surface area contributed by atoms with Gasteiger partial charge in [-0.3, -0.25) is 24.0 Å². The molecule has 5 heterocycles. The van der Waals surface area contributed by atoms with Gasteiger partial charge in [0, 0.05) is 69.8 Å². The van der Waals surface area contributed by atoms with Gasteiger partial charge in [0.05, 0.1) is 46.7 Å². The minimum Gasteiger partial charge on any atom is -0.364 e. The molecule has 3 aromatic heterocycles. The van der Waals surface area contributed by atoms with E-state index in [0.717, 1.165) is 73.4 Å². The van der Waals surface area contributed by atoms with Crippen LogP contribution in [0, 0.1) is 5.92 Å². The van der Waals surface area contributed by atoms with E-state index in [2.05, 4.69) is 60.7 Å². The Labute approximate surface area is 296 Å². The van der Waals surface area contributed by atoms with Gasteiger partial charge in [0.1, 0.15) is 5.82 Å². The standard InChI is InChI=1S/C37H43N11O3/c1-5-30-35-27(17-38-48(35)25-19-47(20-25)18-24-8-6-11-32(39-24)45(3)21(2)49)26-9-7-10-28(34(26)46(30)4)41-29-16-31(42-36(50)22-12-13-22)43-44-33(29)37(51)40-23-14-15-23/h6-11,16-17,22-23,25,30H,5,12-15,18-20H2,1-4H3,(H,40,51)(H2,41,42,43,50)/t30-/m1/s1. The quantitative estimate of drug-likeness (QED) is 0.203. The molecule has 3 N–H and O–H groups in total. The zero-order valence-corrected chi connectivity index (χ0v) is 29.4. The first-order chi connectivity index (χ1) is 24.7. The summed E-state index contributed by atoms with van der Waals surface area (Å²) in [4.78, 5) is 48.6. The van der Waals surface area contributed by atoms with Crippen molar-refractivity contribution in [3.05, 3.63) is 65.7 Å². The molecule has 4 aliphatic rings. The van der Waals surface area contributed by atoms with Gasteiger partial charge in [-0.15, -0.1) is 10.2 Å². The van der Waals surface area contributed by atoms with Gasteiger partial charge in [-0.2, -0.15) is 5.10 Å². The minimum atomic E-state index is -0.290. The van der Waals surface area contributed by atoms with Gasteiger partial charge in [0.15, 0.2) is 11.5 Å². The van der Waals surface area contributed by atoms with Crippen LogP contribution in [-0.2, 0) is 16.1 Å². The number of nitrogens with zero attached hydrogens (tertiary/aromatic N) is 8. The summed E-state index contributed by atoms with van der Waals surface area (Å²) < 4.78 is 2.20. The minimum absolute atomic E-state index is 0.00918. The number of carbonyl (C=O) groups is 3. The largest absolute Gasteiger partial charge is 0.364 e. The lowest BCUT2D eigenvalue weighted by atomic mass is 9.91. The summed E-state index contributed by atoms with van der Waals surface area (Å²) in [5.41, 5.74) is 6.75. The number of likely N-dealkylation sites (tertiary alicyclic amines) is 1. The molecule has 0 radical (unpaired) electrons. The van der Waals surface area contributed by atoms with Crippen LogP contribution in [0.3, 0.4) is 0 Å². The molecule has 3 fully saturated rings. The second kappa shape index (κ2) is 13.1. The molecule has 2 saturated carbocycles. The van der Waals surface area contributed by atoms with Crippen LogP contribution in [0.15, 0.2) is 48.7 Å². The Hall–Kier alpha value is -5.37. The second-order valence-electron chi connectivity index (χ2n) is 14.2. The van der Waals surface area contributed by atoms with Crippen LogP contribution >= 0.6 is 0 Å². The summed E-state index contributed by atoms with van der Waals surface area (Å²) in [6.07, 6.45) is 6.49. The van der Waals surface area contributed by atoms with E-state index >= 15 is 0 Å². The van der Waals surface area contributed by atoms with Crippen LogP contribution in [0.1, 0.15) is 79.9 Å². The molecule has 264 valence electrons. The number of amides is 3. The molecule has 51 heavy (non-hydrogen) atoms. The predicted octanol–water partition coefficient (Wildman–Crippen LogP) is 4.66. The molecule has 4 aromatic rings. The van der Waals surface area contributed by atoms with E-state index in [9.17, 15) is 14.4 Å². The summed E-state index contributed by atoms with van der Waals surface area (Å²) in [5, 5.41) is 22.9. The maximum Gasteiger partial charge on any atom is 0.274 e. The fourth-order valence-electron chi connectivity index (χ4n) is 7.13. The smallest absolute Gasteiger partial charge is 0.274 e. The second-order valence-corrected chi connectivity index (χ2v) is 14.2. The van der Waals surface area contributed by atoms with Crippen molar-refractivity contribution in [2.75, 3.05) is 47.6 Å². The molecule has 1 saturated heterocycles. The number of rotatable bonds is 11. The third-order valence-corrected chi connectivity index (χ3v) is 10.4. The van der Waals surface area contributed by atoms with Crippen molar-refractivity contribution in [2.45, 2.75) is 70.6 Å². The molecule has 8 rings (SSSR count). The van der Waals surface area contributed by atoms with E-state index in [-0.39, 0.29) is 47.5 Å². The van der Waals surface area contributed by atoms with Crippen molar-refractivity contribution in [2.24, 2.45) is 5.92 Å². The molecule has 2 aliphatic carbocycles. The number of benzene rings is 1. The van der Waals surface area contributed by atoms with E-state index < -0.39 is 0 Å². The molecular formula is C37H43N11O3. The van der Waals surface area contributed by atoms with Crippen LogP contribution < -0.4 is 25.8 Å². The van der Waals surface area contributed by atoms with Crippen molar-refractivity contribution < 1.29 is 14.4 Å². The van der Waals surface area contributed by atoms with Crippen molar-refractivity contribution in [1.29, 1.82) is 0 Å². The van der Waals surface area contributed by atoms with Gasteiger partial charge in [0.2, 0.25) is 11.8 Å². The van der Waals surface area contributed by atoms with Gasteiger partial charge >= 0.3 is 0 Å². The van der Waals surface area contributed by atoms with Crippen molar-refractivity contribution in [3.8, 4) is 11.1 Å². The lowest BCUT2D eigenvalue weighted by molar-refractivity contribution is -0.117. The highest BCUT2D eigenvalue weighted by molar-refractivity contribution is 6.01. The van der Waals surface area contributed by atoms with Crippen molar-refractivity contribution in [1.82, 2.24) is 35.2 Å².